The number of para-hydroxylation sites is 1. The van der Waals surface area contributed by atoms with Crippen LogP contribution in [-0.4, -0.2) is 41.7 Å². The van der Waals surface area contributed by atoms with Crippen molar-refractivity contribution < 1.29 is 14.6 Å². The number of hydrogen-bond acceptors (Lipinski definition) is 3. The van der Waals surface area contributed by atoms with Gasteiger partial charge in [0.05, 0.1) is 18.8 Å². The Bertz CT molecular complexity index is 445. The third-order valence-electron chi connectivity index (χ3n) is 3.59. The van der Waals surface area contributed by atoms with Crippen LogP contribution in [-0.2, 0) is 0 Å². The number of carbonyl (C=O) groups is 1. The van der Waals surface area contributed by atoms with E-state index in [0.29, 0.717) is 17.7 Å². The van der Waals surface area contributed by atoms with Gasteiger partial charge in [-0.05, 0) is 38.3 Å². The lowest BCUT2D eigenvalue weighted by Crippen LogP contribution is -2.37. The van der Waals surface area contributed by atoms with Gasteiger partial charge in [-0.3, -0.25) is 4.79 Å². The molecule has 0 saturated carbocycles. The van der Waals surface area contributed by atoms with Gasteiger partial charge in [0.2, 0.25) is 0 Å². The van der Waals surface area contributed by atoms with E-state index in [1.54, 1.807) is 26.2 Å². The molecule has 1 amide bonds. The molecule has 1 fully saturated rings. The number of ether oxygens (including phenoxy) is 1. The largest absolute Gasteiger partial charge is 0.496 e. The van der Waals surface area contributed by atoms with Crippen molar-refractivity contribution in [3.05, 3.63) is 29.8 Å². The normalized spacial score (nSPS) is 20.4. The molecule has 0 radical (unpaired) electrons. The topological polar surface area (TPSA) is 49.8 Å². The maximum absolute atomic E-state index is 12.6. The highest BCUT2D eigenvalue weighted by Gasteiger charge is 2.31. The summed E-state index contributed by atoms with van der Waals surface area (Å²) in [5, 5.41) is 9.52. The number of carbonyl (C=O) groups excluding carboxylic acids is 1. The Morgan fingerprint density at radius 3 is 2.95 bits per heavy atom. The van der Waals surface area contributed by atoms with E-state index in [4.69, 9.17) is 4.74 Å². The summed E-state index contributed by atoms with van der Waals surface area (Å²) >= 11 is 0. The molecule has 19 heavy (non-hydrogen) atoms. The minimum Gasteiger partial charge on any atom is -0.496 e. The Morgan fingerprint density at radius 2 is 2.26 bits per heavy atom. The molecule has 0 spiro atoms. The van der Waals surface area contributed by atoms with E-state index in [1.165, 1.54) is 0 Å². The number of methoxy groups -OCH3 is 1. The number of likely N-dealkylation sites (tertiary alicyclic amines) is 1. The summed E-state index contributed by atoms with van der Waals surface area (Å²) < 4.78 is 5.25. The summed E-state index contributed by atoms with van der Waals surface area (Å²) in [5.74, 6) is 0.607. The van der Waals surface area contributed by atoms with Crippen LogP contribution in [0.5, 0.6) is 5.75 Å². The maximum Gasteiger partial charge on any atom is 0.257 e. The molecule has 2 atom stereocenters. The molecule has 1 N–H and O–H groups in total. The van der Waals surface area contributed by atoms with Crippen molar-refractivity contribution in [3.8, 4) is 5.75 Å². The summed E-state index contributed by atoms with van der Waals surface area (Å²) in [6.45, 7) is 2.53. The number of aliphatic hydroxyl groups excluding tert-OH is 1. The van der Waals surface area contributed by atoms with E-state index in [0.717, 1.165) is 19.4 Å². The van der Waals surface area contributed by atoms with Crippen LogP contribution in [0.25, 0.3) is 0 Å². The molecule has 104 valence electrons. The van der Waals surface area contributed by atoms with Gasteiger partial charge in [-0.15, -0.1) is 0 Å². The molecule has 1 aliphatic rings. The monoisotopic (exact) mass is 263 g/mol. The molecule has 1 saturated heterocycles. The molecule has 0 bridgehead atoms. The highest BCUT2D eigenvalue weighted by molar-refractivity contribution is 5.97. The SMILES string of the molecule is COc1ccccc1C(=O)N1CCCC1CC(C)O. The zero-order valence-corrected chi connectivity index (χ0v) is 11.5. The Morgan fingerprint density at radius 1 is 1.53 bits per heavy atom. The van der Waals surface area contributed by atoms with Crippen LogP contribution in [0.3, 0.4) is 0 Å². The highest BCUT2D eigenvalue weighted by atomic mass is 16.5. The molecule has 4 heteroatoms. The third kappa shape index (κ3) is 3.07. The summed E-state index contributed by atoms with van der Waals surface area (Å²) in [6, 6.07) is 7.42. The lowest BCUT2D eigenvalue weighted by Gasteiger charge is -2.26. The van der Waals surface area contributed by atoms with Crippen LogP contribution >= 0.6 is 0 Å². The number of nitrogens with zero attached hydrogens (tertiary/aromatic N) is 1. The van der Waals surface area contributed by atoms with Crippen molar-refractivity contribution in [1.82, 2.24) is 4.90 Å². The van der Waals surface area contributed by atoms with E-state index in [-0.39, 0.29) is 18.1 Å². The first-order valence-corrected chi connectivity index (χ1v) is 6.75. The molecular formula is C15H21NO3. The van der Waals surface area contributed by atoms with Gasteiger partial charge in [0, 0.05) is 12.6 Å². The molecule has 1 aliphatic heterocycles. The standard InChI is InChI=1S/C15H21NO3/c1-11(17)10-12-6-5-9-16(12)15(18)13-7-3-4-8-14(13)19-2/h3-4,7-8,11-12,17H,5-6,9-10H2,1-2H3. The summed E-state index contributed by atoms with van der Waals surface area (Å²) in [6.07, 6.45) is 2.22. The van der Waals surface area contributed by atoms with Crippen molar-refractivity contribution in [2.24, 2.45) is 0 Å². The molecule has 1 aromatic rings. The zero-order valence-electron chi connectivity index (χ0n) is 11.5. The molecule has 2 rings (SSSR count). The van der Waals surface area contributed by atoms with Gasteiger partial charge in [-0.1, -0.05) is 12.1 Å². The van der Waals surface area contributed by atoms with Gasteiger partial charge in [-0.2, -0.15) is 0 Å². The van der Waals surface area contributed by atoms with Gasteiger partial charge in [0.15, 0.2) is 0 Å². The van der Waals surface area contributed by atoms with Crippen LogP contribution in [0, 0.1) is 0 Å². The van der Waals surface area contributed by atoms with Crippen molar-refractivity contribution in [2.75, 3.05) is 13.7 Å². The highest BCUT2D eigenvalue weighted by Crippen LogP contribution is 2.26. The van der Waals surface area contributed by atoms with Gasteiger partial charge in [0.25, 0.3) is 5.91 Å². The Hall–Kier alpha value is -1.55. The fourth-order valence-electron chi connectivity index (χ4n) is 2.72. The molecule has 2 unspecified atom stereocenters. The molecule has 4 nitrogen and oxygen atoms in total. The first-order valence-electron chi connectivity index (χ1n) is 6.75. The first kappa shape index (κ1) is 13.9. The van der Waals surface area contributed by atoms with E-state index in [9.17, 15) is 9.90 Å². The Labute approximate surface area is 114 Å². The van der Waals surface area contributed by atoms with Gasteiger partial charge >= 0.3 is 0 Å². The predicted molar refractivity (Wildman–Crippen MR) is 73.4 cm³/mol. The van der Waals surface area contributed by atoms with Crippen molar-refractivity contribution >= 4 is 5.91 Å². The smallest absolute Gasteiger partial charge is 0.257 e. The zero-order chi connectivity index (χ0) is 13.8. The van der Waals surface area contributed by atoms with E-state index >= 15 is 0 Å². The van der Waals surface area contributed by atoms with E-state index < -0.39 is 0 Å². The molecule has 1 aromatic carbocycles. The van der Waals surface area contributed by atoms with Crippen LogP contribution in [0.4, 0.5) is 0 Å². The van der Waals surface area contributed by atoms with Gasteiger partial charge < -0.3 is 14.7 Å². The average Bonchev–Trinajstić information content (AvgIpc) is 2.85. The van der Waals surface area contributed by atoms with Crippen molar-refractivity contribution in [1.29, 1.82) is 0 Å². The van der Waals surface area contributed by atoms with Crippen molar-refractivity contribution in [2.45, 2.75) is 38.3 Å². The molecule has 0 aromatic heterocycles. The number of rotatable bonds is 4. The van der Waals surface area contributed by atoms with E-state index in [1.807, 2.05) is 17.0 Å². The summed E-state index contributed by atoms with van der Waals surface area (Å²) in [4.78, 5) is 14.4. The maximum atomic E-state index is 12.6. The van der Waals surface area contributed by atoms with Crippen LogP contribution in [0.1, 0.15) is 36.5 Å². The minimum absolute atomic E-state index is 0.000556. The quantitative estimate of drug-likeness (QED) is 0.904. The van der Waals surface area contributed by atoms with Crippen LogP contribution in [0.2, 0.25) is 0 Å². The lowest BCUT2D eigenvalue weighted by atomic mass is 10.1. The fraction of sp³-hybridized carbons (Fsp3) is 0.533. The Kier molecular flexibility index (Phi) is 4.43. The first-order chi connectivity index (χ1) is 9.13. The van der Waals surface area contributed by atoms with E-state index in [2.05, 4.69) is 0 Å². The third-order valence-corrected chi connectivity index (χ3v) is 3.59. The molecule has 0 aliphatic carbocycles. The second kappa shape index (κ2) is 6.06. The lowest BCUT2D eigenvalue weighted by molar-refractivity contribution is 0.0679. The predicted octanol–water partition coefficient (Wildman–Crippen LogP) is 2.07. The fourth-order valence-corrected chi connectivity index (χ4v) is 2.72. The number of benzene rings is 1. The minimum atomic E-state index is -0.379. The Balaban J connectivity index is 2.18. The van der Waals surface area contributed by atoms with Gasteiger partial charge in [0.1, 0.15) is 5.75 Å². The second-order valence-electron chi connectivity index (χ2n) is 5.08. The number of hydrogen-bond donors (Lipinski definition) is 1. The number of aliphatic hydroxyl groups is 1. The number of amides is 1. The van der Waals surface area contributed by atoms with Crippen LogP contribution < -0.4 is 4.74 Å². The summed E-state index contributed by atoms with van der Waals surface area (Å²) in [7, 11) is 1.57. The summed E-state index contributed by atoms with van der Waals surface area (Å²) in [5.41, 5.74) is 0.600. The molecule has 1 heterocycles. The second-order valence-corrected chi connectivity index (χ2v) is 5.08. The average molecular weight is 263 g/mol. The van der Waals surface area contributed by atoms with Gasteiger partial charge in [-0.25, -0.2) is 0 Å². The van der Waals surface area contributed by atoms with Crippen molar-refractivity contribution in [3.63, 3.8) is 0 Å². The van der Waals surface area contributed by atoms with Crippen LogP contribution in [0.15, 0.2) is 24.3 Å². The molecular weight excluding hydrogens is 242 g/mol.